The molecule has 1 N–H and O–H groups in total. The number of hydrogen-bond donors (Lipinski definition) is 1. The number of amides is 1. The fourth-order valence-corrected chi connectivity index (χ4v) is 3.03. The highest BCUT2D eigenvalue weighted by molar-refractivity contribution is 7.98. The predicted octanol–water partition coefficient (Wildman–Crippen LogP) is 4.18. The van der Waals surface area contributed by atoms with E-state index in [1.54, 1.807) is 11.8 Å². The number of carbonyl (C=O) groups is 1. The van der Waals surface area contributed by atoms with Crippen LogP contribution in [-0.2, 0) is 6.42 Å². The fourth-order valence-electron chi connectivity index (χ4n) is 2.57. The summed E-state index contributed by atoms with van der Waals surface area (Å²) < 4.78 is 1.86. The molecule has 0 atom stereocenters. The van der Waals surface area contributed by atoms with Crippen molar-refractivity contribution in [2.75, 3.05) is 11.6 Å². The van der Waals surface area contributed by atoms with Gasteiger partial charge in [-0.15, -0.1) is 11.8 Å². The second-order valence-electron chi connectivity index (χ2n) is 5.38. The summed E-state index contributed by atoms with van der Waals surface area (Å²) in [5.41, 5.74) is 4.16. The van der Waals surface area contributed by atoms with Gasteiger partial charge < -0.3 is 5.32 Å². The number of thioether (sulfide) groups is 1. The molecule has 0 bridgehead atoms. The Morgan fingerprint density at radius 1 is 1.30 bits per heavy atom. The number of fused-ring (bicyclic) bond motifs is 1. The zero-order valence-electron chi connectivity index (χ0n) is 13.5. The van der Waals surface area contributed by atoms with E-state index in [0.29, 0.717) is 12.1 Å². The first-order valence-electron chi connectivity index (χ1n) is 7.55. The number of anilines is 1. The van der Waals surface area contributed by atoms with E-state index in [-0.39, 0.29) is 5.91 Å². The molecule has 0 radical (unpaired) electrons. The lowest BCUT2D eigenvalue weighted by Gasteiger charge is -2.08. The van der Waals surface area contributed by atoms with Crippen LogP contribution < -0.4 is 5.32 Å². The first-order valence-corrected chi connectivity index (χ1v) is 8.78. The van der Waals surface area contributed by atoms with Crippen LogP contribution in [0, 0.1) is 6.92 Å². The van der Waals surface area contributed by atoms with Gasteiger partial charge in [0.1, 0.15) is 11.3 Å². The quantitative estimate of drug-likeness (QED) is 0.732. The molecule has 1 aromatic carbocycles. The number of aryl methyl sites for hydroxylation is 2. The number of pyridine rings is 1. The predicted molar refractivity (Wildman–Crippen MR) is 95.5 cm³/mol. The lowest BCUT2D eigenvalue weighted by atomic mass is 10.2. The Bertz CT molecular complexity index is 870. The summed E-state index contributed by atoms with van der Waals surface area (Å²) in [6, 6.07) is 11.8. The van der Waals surface area contributed by atoms with E-state index in [2.05, 4.69) is 10.3 Å². The van der Waals surface area contributed by atoms with Gasteiger partial charge >= 0.3 is 0 Å². The molecule has 0 saturated carbocycles. The van der Waals surface area contributed by atoms with Crippen LogP contribution in [0.1, 0.15) is 28.7 Å². The van der Waals surface area contributed by atoms with Crippen LogP contribution in [0.5, 0.6) is 0 Å². The van der Waals surface area contributed by atoms with Crippen molar-refractivity contribution >= 4 is 29.0 Å². The maximum absolute atomic E-state index is 12.8. The summed E-state index contributed by atoms with van der Waals surface area (Å²) in [6.07, 6.45) is 4.64. The average Bonchev–Trinajstić information content (AvgIpc) is 2.92. The molecule has 0 spiro atoms. The number of nitrogens with zero attached hydrogens (tertiary/aromatic N) is 2. The number of benzene rings is 1. The zero-order chi connectivity index (χ0) is 16.4. The summed E-state index contributed by atoms with van der Waals surface area (Å²) in [4.78, 5) is 18.5. The molecule has 0 fully saturated rings. The topological polar surface area (TPSA) is 46.4 Å². The molecule has 0 aliphatic rings. The normalized spacial score (nSPS) is 10.9. The molecule has 0 aliphatic heterocycles. The van der Waals surface area contributed by atoms with Crippen LogP contribution in [0.4, 0.5) is 5.69 Å². The molecule has 2 heterocycles. The van der Waals surface area contributed by atoms with E-state index in [1.165, 1.54) is 0 Å². The Kier molecular flexibility index (Phi) is 4.39. The molecule has 0 unspecified atom stereocenters. The highest BCUT2D eigenvalue weighted by Crippen LogP contribution is 2.21. The van der Waals surface area contributed by atoms with E-state index >= 15 is 0 Å². The van der Waals surface area contributed by atoms with Crippen LogP contribution in [0.15, 0.2) is 47.5 Å². The smallest absolute Gasteiger partial charge is 0.274 e. The summed E-state index contributed by atoms with van der Waals surface area (Å²) in [7, 11) is 0. The van der Waals surface area contributed by atoms with E-state index < -0.39 is 0 Å². The number of imidazole rings is 1. The van der Waals surface area contributed by atoms with Gasteiger partial charge in [0, 0.05) is 16.8 Å². The molecule has 0 saturated heterocycles. The monoisotopic (exact) mass is 325 g/mol. The van der Waals surface area contributed by atoms with Crippen LogP contribution >= 0.6 is 11.8 Å². The fraction of sp³-hybridized carbons (Fsp3) is 0.222. The minimum absolute atomic E-state index is 0.128. The van der Waals surface area contributed by atoms with Crippen molar-refractivity contribution in [1.29, 1.82) is 0 Å². The molecule has 5 heteroatoms. The second kappa shape index (κ2) is 6.46. The Hall–Kier alpha value is -2.27. The van der Waals surface area contributed by atoms with E-state index in [4.69, 9.17) is 0 Å². The maximum Gasteiger partial charge on any atom is 0.274 e. The standard InChI is InChI=1S/C18H19N3OS/c1-4-15-17(21-9-8-12(2)10-16(21)20-15)18(22)19-13-6-5-7-14(11-13)23-3/h5-11H,4H2,1-3H3,(H,19,22). The Balaban J connectivity index is 1.99. The largest absolute Gasteiger partial charge is 0.321 e. The molecule has 3 rings (SSSR count). The third-order valence-electron chi connectivity index (χ3n) is 3.73. The molecule has 118 valence electrons. The first kappa shape index (κ1) is 15.6. The van der Waals surface area contributed by atoms with Crippen molar-refractivity contribution in [3.8, 4) is 0 Å². The third-order valence-corrected chi connectivity index (χ3v) is 4.46. The van der Waals surface area contributed by atoms with Crippen molar-refractivity contribution < 1.29 is 4.79 Å². The van der Waals surface area contributed by atoms with E-state index in [9.17, 15) is 4.79 Å². The Morgan fingerprint density at radius 2 is 2.13 bits per heavy atom. The molecular formula is C18H19N3OS. The number of aromatic nitrogens is 2. The average molecular weight is 325 g/mol. The van der Waals surface area contributed by atoms with Gasteiger partial charge in [0.2, 0.25) is 0 Å². The molecule has 1 amide bonds. The molecule has 0 aliphatic carbocycles. The van der Waals surface area contributed by atoms with Crippen molar-refractivity contribution in [2.45, 2.75) is 25.2 Å². The third kappa shape index (κ3) is 3.10. The lowest BCUT2D eigenvalue weighted by Crippen LogP contribution is -2.16. The SMILES string of the molecule is CCc1nc2cc(C)ccn2c1C(=O)Nc1cccc(SC)c1. The molecule has 2 aromatic heterocycles. The minimum Gasteiger partial charge on any atom is -0.321 e. The van der Waals surface area contributed by atoms with Gasteiger partial charge in [0.05, 0.1) is 5.69 Å². The summed E-state index contributed by atoms with van der Waals surface area (Å²) in [6.45, 7) is 4.04. The number of rotatable bonds is 4. The summed E-state index contributed by atoms with van der Waals surface area (Å²) in [5.74, 6) is -0.128. The number of hydrogen-bond acceptors (Lipinski definition) is 3. The Labute approximate surface area is 139 Å². The van der Waals surface area contributed by atoms with Crippen molar-refractivity contribution in [2.24, 2.45) is 0 Å². The first-order chi connectivity index (χ1) is 11.1. The summed E-state index contributed by atoms with van der Waals surface area (Å²) in [5, 5.41) is 2.99. The van der Waals surface area contributed by atoms with Gasteiger partial charge in [0.25, 0.3) is 5.91 Å². The molecule has 3 aromatic rings. The van der Waals surface area contributed by atoms with Crippen LogP contribution in [-0.4, -0.2) is 21.5 Å². The van der Waals surface area contributed by atoms with Gasteiger partial charge in [-0.05, 0) is 55.5 Å². The maximum atomic E-state index is 12.8. The zero-order valence-corrected chi connectivity index (χ0v) is 14.3. The summed E-state index contributed by atoms with van der Waals surface area (Å²) >= 11 is 1.65. The van der Waals surface area contributed by atoms with Crippen molar-refractivity contribution in [3.05, 3.63) is 59.5 Å². The van der Waals surface area contributed by atoms with Crippen LogP contribution in [0.25, 0.3) is 5.65 Å². The number of carbonyl (C=O) groups excluding carboxylic acids is 1. The van der Waals surface area contributed by atoms with E-state index in [0.717, 1.165) is 27.5 Å². The van der Waals surface area contributed by atoms with Crippen molar-refractivity contribution in [1.82, 2.24) is 9.38 Å². The van der Waals surface area contributed by atoms with Crippen LogP contribution in [0.2, 0.25) is 0 Å². The highest BCUT2D eigenvalue weighted by Gasteiger charge is 2.18. The number of nitrogens with one attached hydrogen (secondary N) is 1. The molecule has 4 nitrogen and oxygen atoms in total. The van der Waals surface area contributed by atoms with Gasteiger partial charge in [-0.2, -0.15) is 0 Å². The van der Waals surface area contributed by atoms with Gasteiger partial charge in [-0.3, -0.25) is 9.20 Å². The van der Waals surface area contributed by atoms with E-state index in [1.807, 2.05) is 67.1 Å². The highest BCUT2D eigenvalue weighted by atomic mass is 32.2. The van der Waals surface area contributed by atoms with Gasteiger partial charge in [-0.1, -0.05) is 13.0 Å². The van der Waals surface area contributed by atoms with Gasteiger partial charge in [-0.25, -0.2) is 4.98 Å². The second-order valence-corrected chi connectivity index (χ2v) is 6.26. The Morgan fingerprint density at radius 3 is 2.87 bits per heavy atom. The molecule has 23 heavy (non-hydrogen) atoms. The minimum atomic E-state index is -0.128. The van der Waals surface area contributed by atoms with Crippen molar-refractivity contribution in [3.63, 3.8) is 0 Å². The lowest BCUT2D eigenvalue weighted by molar-refractivity contribution is 0.102. The molecular weight excluding hydrogens is 306 g/mol. The van der Waals surface area contributed by atoms with Gasteiger partial charge in [0.15, 0.2) is 0 Å². The van der Waals surface area contributed by atoms with Crippen LogP contribution in [0.3, 0.4) is 0 Å².